The Kier molecular flexibility index (Phi) is 5.20. The molecule has 0 aliphatic heterocycles. The van der Waals surface area contributed by atoms with Crippen LogP contribution in [0.25, 0.3) is 10.7 Å². The third kappa shape index (κ3) is 4.03. The van der Waals surface area contributed by atoms with E-state index in [0.717, 1.165) is 29.9 Å². The van der Waals surface area contributed by atoms with E-state index >= 15 is 0 Å². The van der Waals surface area contributed by atoms with E-state index in [1.54, 1.807) is 6.92 Å². The number of ether oxygens (including phenoxy) is 1. The van der Waals surface area contributed by atoms with E-state index in [-0.39, 0.29) is 12.5 Å². The van der Waals surface area contributed by atoms with Crippen LogP contribution in [0.5, 0.6) is 5.75 Å². The lowest BCUT2D eigenvalue weighted by Gasteiger charge is -2.21. The summed E-state index contributed by atoms with van der Waals surface area (Å²) in [6.45, 7) is 1.93. The predicted molar refractivity (Wildman–Crippen MR) is 103 cm³/mol. The molecule has 0 saturated heterocycles. The minimum Gasteiger partial charge on any atom is -0.481 e. The first-order chi connectivity index (χ1) is 13.2. The molecule has 0 fully saturated rings. The topological polar surface area (TPSA) is 77.2 Å². The van der Waals surface area contributed by atoms with Crippen molar-refractivity contribution in [3.63, 3.8) is 0 Å². The maximum Gasteiger partial charge on any atom is 0.261 e. The number of aryl methyl sites for hydroxylation is 1. The lowest BCUT2D eigenvalue weighted by molar-refractivity contribution is -0.127. The average molecular weight is 383 g/mol. The SMILES string of the molecule is C[C@@H](Oc1cccc2c1CCCC2)C(=O)NCc1nc(-c2cccs2)no1. The van der Waals surface area contributed by atoms with Crippen LogP contribution in [0.15, 0.2) is 40.2 Å². The van der Waals surface area contributed by atoms with Gasteiger partial charge in [0.2, 0.25) is 11.7 Å². The largest absolute Gasteiger partial charge is 0.481 e. The molecule has 1 aliphatic carbocycles. The second kappa shape index (κ2) is 7.92. The molecule has 0 radical (unpaired) electrons. The van der Waals surface area contributed by atoms with Crippen molar-refractivity contribution in [1.29, 1.82) is 0 Å². The summed E-state index contributed by atoms with van der Waals surface area (Å²) in [6.07, 6.45) is 3.87. The highest BCUT2D eigenvalue weighted by Crippen LogP contribution is 2.30. The molecule has 6 nitrogen and oxygen atoms in total. The van der Waals surface area contributed by atoms with E-state index in [2.05, 4.69) is 21.5 Å². The molecule has 4 rings (SSSR count). The second-order valence-electron chi connectivity index (χ2n) is 6.57. The van der Waals surface area contributed by atoms with Crippen molar-refractivity contribution in [3.8, 4) is 16.5 Å². The summed E-state index contributed by atoms with van der Waals surface area (Å²) in [7, 11) is 0. The smallest absolute Gasteiger partial charge is 0.261 e. The molecule has 1 amide bonds. The van der Waals surface area contributed by atoms with Crippen molar-refractivity contribution < 1.29 is 14.1 Å². The van der Waals surface area contributed by atoms with E-state index in [9.17, 15) is 4.79 Å². The summed E-state index contributed by atoms with van der Waals surface area (Å²) in [6, 6.07) is 9.94. The molecule has 140 valence electrons. The van der Waals surface area contributed by atoms with Crippen molar-refractivity contribution in [1.82, 2.24) is 15.5 Å². The van der Waals surface area contributed by atoms with Crippen LogP contribution in [0.2, 0.25) is 0 Å². The fraction of sp³-hybridized carbons (Fsp3) is 0.350. The lowest BCUT2D eigenvalue weighted by Crippen LogP contribution is -2.36. The van der Waals surface area contributed by atoms with Gasteiger partial charge < -0.3 is 14.6 Å². The summed E-state index contributed by atoms with van der Waals surface area (Å²) in [5.74, 6) is 1.51. The van der Waals surface area contributed by atoms with Gasteiger partial charge >= 0.3 is 0 Å². The molecular formula is C20H21N3O3S. The van der Waals surface area contributed by atoms with Crippen LogP contribution < -0.4 is 10.1 Å². The number of rotatable bonds is 6. The highest BCUT2D eigenvalue weighted by molar-refractivity contribution is 7.13. The number of benzene rings is 1. The number of fused-ring (bicyclic) bond motifs is 1. The third-order valence-corrected chi connectivity index (χ3v) is 5.52. The number of aromatic nitrogens is 2. The monoisotopic (exact) mass is 383 g/mol. The van der Waals surface area contributed by atoms with Crippen LogP contribution >= 0.6 is 11.3 Å². The highest BCUT2D eigenvalue weighted by Gasteiger charge is 2.20. The number of nitrogens with zero attached hydrogens (tertiary/aromatic N) is 2. The predicted octanol–water partition coefficient (Wildman–Crippen LogP) is 3.76. The number of hydrogen-bond acceptors (Lipinski definition) is 6. The standard InChI is InChI=1S/C20H21N3O3S/c1-13(25-16-9-4-7-14-6-2-3-8-15(14)16)20(24)21-12-18-22-19(23-26-18)17-10-5-11-27-17/h4-5,7,9-11,13H,2-3,6,8,12H2,1H3,(H,21,24)/t13-/m1/s1. The summed E-state index contributed by atoms with van der Waals surface area (Å²) in [4.78, 5) is 17.6. The summed E-state index contributed by atoms with van der Waals surface area (Å²) < 4.78 is 11.2. The normalized spacial score (nSPS) is 14.4. The molecule has 3 aromatic rings. The van der Waals surface area contributed by atoms with Crippen LogP contribution in [0, 0.1) is 0 Å². The number of carbonyl (C=O) groups excluding carboxylic acids is 1. The zero-order chi connectivity index (χ0) is 18.6. The number of thiophene rings is 1. The van der Waals surface area contributed by atoms with Gasteiger partial charge in [0.05, 0.1) is 11.4 Å². The molecule has 1 aromatic carbocycles. The molecule has 27 heavy (non-hydrogen) atoms. The molecule has 0 unspecified atom stereocenters. The number of hydrogen-bond donors (Lipinski definition) is 1. The molecule has 0 saturated carbocycles. The van der Waals surface area contributed by atoms with Crippen molar-refractivity contribution in [2.24, 2.45) is 0 Å². The first-order valence-electron chi connectivity index (χ1n) is 9.12. The van der Waals surface area contributed by atoms with Gasteiger partial charge in [-0.05, 0) is 61.2 Å². The van der Waals surface area contributed by atoms with Crippen molar-refractivity contribution in [3.05, 3.63) is 52.7 Å². The number of nitrogens with one attached hydrogen (secondary N) is 1. The third-order valence-electron chi connectivity index (χ3n) is 4.65. The second-order valence-corrected chi connectivity index (χ2v) is 7.52. The van der Waals surface area contributed by atoms with Gasteiger partial charge in [-0.15, -0.1) is 11.3 Å². The quantitative estimate of drug-likeness (QED) is 0.701. The Bertz CT molecular complexity index is 920. The van der Waals surface area contributed by atoms with Gasteiger partial charge in [-0.3, -0.25) is 4.79 Å². The minimum absolute atomic E-state index is 0.178. The van der Waals surface area contributed by atoms with Crippen LogP contribution in [0.4, 0.5) is 0 Å². The minimum atomic E-state index is -0.599. The van der Waals surface area contributed by atoms with Crippen molar-refractivity contribution in [2.75, 3.05) is 0 Å². The Morgan fingerprint density at radius 2 is 2.19 bits per heavy atom. The van der Waals surface area contributed by atoms with Gasteiger partial charge in [0.25, 0.3) is 5.91 Å². The van der Waals surface area contributed by atoms with E-state index < -0.39 is 6.10 Å². The van der Waals surface area contributed by atoms with Gasteiger partial charge in [-0.2, -0.15) is 4.98 Å². The van der Waals surface area contributed by atoms with E-state index in [4.69, 9.17) is 9.26 Å². The molecule has 0 bridgehead atoms. The highest BCUT2D eigenvalue weighted by atomic mass is 32.1. The maximum absolute atomic E-state index is 12.4. The molecule has 0 spiro atoms. The maximum atomic E-state index is 12.4. The van der Waals surface area contributed by atoms with Crippen molar-refractivity contribution >= 4 is 17.2 Å². The Labute approximate surface area is 161 Å². The molecule has 1 N–H and O–H groups in total. The Hall–Kier alpha value is -2.67. The van der Waals surface area contributed by atoms with E-state index in [1.807, 2.05) is 29.6 Å². The van der Waals surface area contributed by atoms with Crippen LogP contribution in [-0.4, -0.2) is 22.2 Å². The summed E-state index contributed by atoms with van der Waals surface area (Å²) in [5, 5.41) is 8.69. The van der Waals surface area contributed by atoms with Crippen LogP contribution in [0.3, 0.4) is 0 Å². The molecule has 1 atom stereocenters. The van der Waals surface area contributed by atoms with E-state index in [1.165, 1.54) is 28.9 Å². The van der Waals surface area contributed by atoms with Gasteiger partial charge in [-0.25, -0.2) is 0 Å². The first-order valence-corrected chi connectivity index (χ1v) is 10.0. The molecule has 2 aromatic heterocycles. The van der Waals surface area contributed by atoms with Gasteiger partial charge in [-0.1, -0.05) is 23.4 Å². The Balaban J connectivity index is 1.35. The Morgan fingerprint density at radius 1 is 1.30 bits per heavy atom. The molecular weight excluding hydrogens is 362 g/mol. The zero-order valence-corrected chi connectivity index (χ0v) is 15.9. The van der Waals surface area contributed by atoms with Crippen LogP contribution in [0.1, 0.15) is 36.8 Å². The lowest BCUT2D eigenvalue weighted by atomic mass is 9.91. The average Bonchev–Trinajstić information content (AvgIpc) is 3.38. The van der Waals surface area contributed by atoms with Crippen molar-refractivity contribution in [2.45, 2.75) is 45.3 Å². The fourth-order valence-corrected chi connectivity index (χ4v) is 3.89. The van der Waals surface area contributed by atoms with Crippen LogP contribution in [-0.2, 0) is 24.2 Å². The van der Waals surface area contributed by atoms with Gasteiger partial charge in [0, 0.05) is 0 Å². The fourth-order valence-electron chi connectivity index (χ4n) is 3.24. The molecule has 7 heteroatoms. The number of carbonyl (C=O) groups is 1. The zero-order valence-electron chi connectivity index (χ0n) is 15.1. The first kappa shape index (κ1) is 17.7. The molecule has 2 heterocycles. The summed E-state index contributed by atoms with van der Waals surface area (Å²) in [5.41, 5.74) is 2.57. The summed E-state index contributed by atoms with van der Waals surface area (Å²) >= 11 is 1.54. The molecule has 1 aliphatic rings. The van der Waals surface area contributed by atoms with E-state index in [0.29, 0.717) is 11.7 Å². The number of amides is 1. The Morgan fingerprint density at radius 3 is 3.04 bits per heavy atom. The van der Waals surface area contributed by atoms with Gasteiger partial charge in [0.1, 0.15) is 5.75 Å². The van der Waals surface area contributed by atoms with Gasteiger partial charge in [0.15, 0.2) is 6.10 Å².